The molecule has 0 spiro atoms. The summed E-state index contributed by atoms with van der Waals surface area (Å²) < 4.78 is 40.9. The largest absolute Gasteiger partial charge is 0.493 e. The van der Waals surface area contributed by atoms with E-state index in [0.29, 0.717) is 19.7 Å². The van der Waals surface area contributed by atoms with Crippen LogP contribution in [0.4, 0.5) is 14.5 Å². The van der Waals surface area contributed by atoms with E-state index in [9.17, 15) is 13.6 Å². The van der Waals surface area contributed by atoms with Crippen molar-refractivity contribution in [2.24, 2.45) is 0 Å². The van der Waals surface area contributed by atoms with Crippen LogP contribution in [-0.4, -0.2) is 57.9 Å². The van der Waals surface area contributed by atoms with Crippen LogP contribution in [-0.2, 0) is 11.3 Å². The third-order valence-electron chi connectivity index (χ3n) is 5.19. The average Bonchev–Trinajstić information content (AvgIpc) is 3.26. The van der Waals surface area contributed by atoms with E-state index >= 15 is 0 Å². The van der Waals surface area contributed by atoms with E-state index in [-0.39, 0.29) is 29.1 Å². The molecule has 3 rings (SSSR count). The molecule has 1 saturated heterocycles. The maximum absolute atomic E-state index is 13.3. The topological polar surface area (TPSA) is 51.2 Å². The molecule has 1 unspecified atom stereocenters. The predicted octanol–water partition coefficient (Wildman–Crippen LogP) is 4.18. The van der Waals surface area contributed by atoms with Crippen LogP contribution in [0.3, 0.4) is 0 Å². The van der Waals surface area contributed by atoms with Crippen LogP contribution in [0.2, 0.25) is 0 Å². The Kier molecular flexibility index (Phi) is 7.68. The van der Waals surface area contributed by atoms with Gasteiger partial charge in [-0.2, -0.15) is 8.78 Å². The van der Waals surface area contributed by atoms with Gasteiger partial charge in [0.05, 0.1) is 13.2 Å². The molecule has 0 N–H and O–H groups in total. The summed E-state index contributed by atoms with van der Waals surface area (Å²) in [5.41, 5.74) is 2.28. The molecule has 1 atom stereocenters. The lowest BCUT2D eigenvalue weighted by molar-refractivity contribution is -0.0512. The Morgan fingerprint density at radius 1 is 1.16 bits per heavy atom. The number of nitrogens with zero attached hydrogens (tertiary/aromatic N) is 2. The van der Waals surface area contributed by atoms with E-state index in [1.54, 1.807) is 11.0 Å². The highest BCUT2D eigenvalue weighted by Gasteiger charge is 2.25. The van der Waals surface area contributed by atoms with E-state index in [0.717, 1.165) is 24.1 Å². The number of hydrogen-bond acceptors (Lipinski definition) is 5. The number of anilines is 1. The molecular formula is C23H28F2N2O4. The standard InChI is InChI=1S/C23H28F2N2O4/c1-26(2)18-9-6-16(7-10-18)14-27(15-19-5-4-12-30-19)22(28)17-8-11-20(29-3)21(13-17)31-23(24)25/h6-11,13,19,23H,4-5,12,14-15H2,1-3H3. The second-order valence-corrected chi connectivity index (χ2v) is 7.63. The predicted molar refractivity (Wildman–Crippen MR) is 114 cm³/mol. The van der Waals surface area contributed by atoms with Gasteiger partial charge in [0.2, 0.25) is 0 Å². The van der Waals surface area contributed by atoms with Gasteiger partial charge >= 0.3 is 6.61 Å². The number of carbonyl (C=O) groups is 1. The number of rotatable bonds is 9. The van der Waals surface area contributed by atoms with Crippen molar-refractivity contribution >= 4 is 11.6 Å². The van der Waals surface area contributed by atoms with Crippen molar-refractivity contribution in [2.75, 3.05) is 39.3 Å². The van der Waals surface area contributed by atoms with Gasteiger partial charge in [0.15, 0.2) is 11.5 Å². The summed E-state index contributed by atoms with van der Waals surface area (Å²) in [6.45, 7) is -1.54. The van der Waals surface area contributed by atoms with E-state index in [1.807, 2.05) is 43.3 Å². The van der Waals surface area contributed by atoms with Gasteiger partial charge in [-0.25, -0.2) is 0 Å². The van der Waals surface area contributed by atoms with Crippen LogP contribution in [0, 0.1) is 0 Å². The number of ether oxygens (including phenoxy) is 3. The lowest BCUT2D eigenvalue weighted by atomic mass is 10.1. The molecule has 2 aromatic carbocycles. The van der Waals surface area contributed by atoms with E-state index in [1.165, 1.54) is 19.2 Å². The molecule has 0 radical (unpaired) electrons. The molecule has 6 nitrogen and oxygen atoms in total. The van der Waals surface area contributed by atoms with Gasteiger partial charge in [-0.1, -0.05) is 12.1 Å². The lowest BCUT2D eigenvalue weighted by Gasteiger charge is -2.26. The highest BCUT2D eigenvalue weighted by atomic mass is 19.3. The van der Waals surface area contributed by atoms with Crippen molar-refractivity contribution < 1.29 is 27.8 Å². The van der Waals surface area contributed by atoms with Crippen molar-refractivity contribution in [1.82, 2.24) is 4.90 Å². The summed E-state index contributed by atoms with van der Waals surface area (Å²) in [6.07, 6.45) is 1.80. The van der Waals surface area contributed by atoms with Gasteiger partial charge in [-0.15, -0.1) is 0 Å². The molecule has 1 amide bonds. The van der Waals surface area contributed by atoms with Gasteiger partial charge in [0, 0.05) is 45.0 Å². The third kappa shape index (κ3) is 6.07. The molecule has 1 fully saturated rings. The molecule has 1 heterocycles. The maximum atomic E-state index is 13.3. The first kappa shape index (κ1) is 22.8. The number of alkyl halides is 2. The quantitative estimate of drug-likeness (QED) is 0.593. The van der Waals surface area contributed by atoms with Crippen LogP contribution in [0.25, 0.3) is 0 Å². The summed E-state index contributed by atoms with van der Waals surface area (Å²) in [4.78, 5) is 17.0. The summed E-state index contributed by atoms with van der Waals surface area (Å²) in [5, 5.41) is 0. The van der Waals surface area contributed by atoms with Gasteiger partial charge in [-0.3, -0.25) is 4.79 Å². The highest BCUT2D eigenvalue weighted by Crippen LogP contribution is 2.30. The smallest absolute Gasteiger partial charge is 0.387 e. The third-order valence-corrected chi connectivity index (χ3v) is 5.19. The van der Waals surface area contributed by atoms with Crippen molar-refractivity contribution in [3.63, 3.8) is 0 Å². The fourth-order valence-corrected chi connectivity index (χ4v) is 3.55. The van der Waals surface area contributed by atoms with Gasteiger partial charge in [-0.05, 0) is 48.7 Å². The maximum Gasteiger partial charge on any atom is 0.387 e. The minimum atomic E-state index is -3.02. The van der Waals surface area contributed by atoms with Crippen molar-refractivity contribution in [2.45, 2.75) is 32.1 Å². The Morgan fingerprint density at radius 3 is 2.48 bits per heavy atom. The molecule has 31 heavy (non-hydrogen) atoms. The minimum Gasteiger partial charge on any atom is -0.493 e. The Bertz CT molecular complexity index is 868. The summed E-state index contributed by atoms with van der Waals surface area (Å²) in [7, 11) is 5.28. The Hall–Kier alpha value is -2.87. The van der Waals surface area contributed by atoms with E-state index < -0.39 is 6.61 Å². The van der Waals surface area contributed by atoms with Crippen molar-refractivity contribution in [1.29, 1.82) is 0 Å². The molecule has 0 aliphatic carbocycles. The number of methoxy groups -OCH3 is 1. The summed E-state index contributed by atoms with van der Waals surface area (Å²) in [6, 6.07) is 12.2. The first-order valence-electron chi connectivity index (χ1n) is 10.2. The molecule has 1 aliphatic heterocycles. The second kappa shape index (κ2) is 10.4. The number of amides is 1. The summed E-state index contributed by atoms with van der Waals surface area (Å²) in [5.74, 6) is -0.313. The highest BCUT2D eigenvalue weighted by molar-refractivity contribution is 5.95. The zero-order chi connectivity index (χ0) is 22.4. The Morgan fingerprint density at radius 2 is 1.90 bits per heavy atom. The monoisotopic (exact) mass is 434 g/mol. The Labute approximate surface area is 181 Å². The fourth-order valence-electron chi connectivity index (χ4n) is 3.55. The zero-order valence-corrected chi connectivity index (χ0v) is 18.0. The van der Waals surface area contributed by atoms with Crippen LogP contribution >= 0.6 is 0 Å². The number of carbonyl (C=O) groups excluding carboxylic acids is 1. The fraction of sp³-hybridized carbons (Fsp3) is 0.435. The molecule has 0 aromatic heterocycles. The number of hydrogen-bond donors (Lipinski definition) is 0. The van der Waals surface area contributed by atoms with Gasteiger partial charge < -0.3 is 24.0 Å². The molecule has 2 aromatic rings. The van der Waals surface area contributed by atoms with Crippen molar-refractivity contribution in [3.8, 4) is 11.5 Å². The number of halogens is 2. The van der Waals surface area contributed by atoms with Crippen LogP contribution < -0.4 is 14.4 Å². The van der Waals surface area contributed by atoms with Gasteiger partial charge in [0.1, 0.15) is 0 Å². The molecule has 168 valence electrons. The zero-order valence-electron chi connectivity index (χ0n) is 18.0. The molecule has 0 saturated carbocycles. The molecular weight excluding hydrogens is 406 g/mol. The normalized spacial score (nSPS) is 15.7. The van der Waals surface area contributed by atoms with Crippen LogP contribution in [0.15, 0.2) is 42.5 Å². The van der Waals surface area contributed by atoms with E-state index in [4.69, 9.17) is 9.47 Å². The molecule has 8 heteroatoms. The molecule has 0 bridgehead atoms. The Balaban J connectivity index is 1.84. The van der Waals surface area contributed by atoms with Crippen LogP contribution in [0.5, 0.6) is 11.5 Å². The van der Waals surface area contributed by atoms with Crippen molar-refractivity contribution in [3.05, 3.63) is 53.6 Å². The van der Waals surface area contributed by atoms with E-state index in [2.05, 4.69) is 4.74 Å². The van der Waals surface area contributed by atoms with Gasteiger partial charge in [0.25, 0.3) is 5.91 Å². The minimum absolute atomic E-state index is 0.0416. The second-order valence-electron chi connectivity index (χ2n) is 7.63. The SMILES string of the molecule is COc1ccc(C(=O)N(Cc2ccc(N(C)C)cc2)CC2CCCO2)cc1OC(F)F. The molecule has 1 aliphatic rings. The first-order valence-corrected chi connectivity index (χ1v) is 10.2. The number of benzene rings is 2. The average molecular weight is 434 g/mol. The van der Waals surface area contributed by atoms with Crippen LogP contribution in [0.1, 0.15) is 28.8 Å². The summed E-state index contributed by atoms with van der Waals surface area (Å²) >= 11 is 0. The first-order chi connectivity index (χ1) is 14.9. The lowest BCUT2D eigenvalue weighted by Crippen LogP contribution is -2.37.